The van der Waals surface area contributed by atoms with E-state index in [1.54, 1.807) is 13.0 Å². The highest BCUT2D eigenvalue weighted by Gasteiger charge is 2.61. The summed E-state index contributed by atoms with van der Waals surface area (Å²) in [6, 6.07) is 5.48. The summed E-state index contributed by atoms with van der Waals surface area (Å²) in [6.45, 7) is 1.71. The first-order valence-corrected chi connectivity index (χ1v) is 6.19. The van der Waals surface area contributed by atoms with Gasteiger partial charge in [-0.25, -0.2) is 0 Å². The van der Waals surface area contributed by atoms with Crippen molar-refractivity contribution in [2.45, 2.75) is 43.6 Å². The fraction of sp³-hybridized carbons (Fsp3) is 0.500. The summed E-state index contributed by atoms with van der Waals surface area (Å²) >= 11 is 0. The van der Waals surface area contributed by atoms with Crippen LogP contribution in [0.25, 0.3) is 0 Å². The third-order valence-electron chi connectivity index (χ3n) is 4.13. The average Bonchev–Trinajstić information content (AvgIpc) is 3.01. The summed E-state index contributed by atoms with van der Waals surface area (Å²) in [5.74, 6) is -0.489. The lowest BCUT2D eigenvalue weighted by Crippen LogP contribution is -2.31. The Balaban J connectivity index is 1.94. The van der Waals surface area contributed by atoms with Crippen molar-refractivity contribution in [1.82, 2.24) is 0 Å². The van der Waals surface area contributed by atoms with Crippen molar-refractivity contribution >= 4 is 5.78 Å². The number of Topliss-reactive ketones (excluding diaryl/α,β-unsaturated/α-hetero) is 1. The fourth-order valence-corrected chi connectivity index (χ4v) is 2.90. The lowest BCUT2D eigenvalue weighted by molar-refractivity contribution is -0.138. The van der Waals surface area contributed by atoms with E-state index in [1.165, 1.54) is 12.1 Å². The molecule has 1 aliphatic carbocycles. The molecule has 0 bridgehead atoms. The van der Waals surface area contributed by atoms with Crippen LogP contribution in [0.3, 0.4) is 0 Å². The van der Waals surface area contributed by atoms with Crippen molar-refractivity contribution in [2.75, 3.05) is 0 Å². The van der Waals surface area contributed by atoms with Crippen molar-refractivity contribution in [2.24, 2.45) is 0 Å². The molecule has 0 spiro atoms. The van der Waals surface area contributed by atoms with Crippen LogP contribution in [-0.4, -0.2) is 17.5 Å². The first-order valence-electron chi connectivity index (χ1n) is 6.19. The molecule has 0 amide bonds. The molecular weight excluding hydrogens is 257 g/mol. The quantitative estimate of drug-likeness (QED) is 0.733. The average molecular weight is 270 g/mol. The van der Waals surface area contributed by atoms with Crippen LogP contribution in [0.4, 0.5) is 13.2 Å². The van der Waals surface area contributed by atoms with Gasteiger partial charge in [0.25, 0.3) is 0 Å². The zero-order valence-electron chi connectivity index (χ0n) is 10.3. The van der Waals surface area contributed by atoms with E-state index in [9.17, 15) is 18.0 Å². The second kappa shape index (κ2) is 3.82. The zero-order chi connectivity index (χ0) is 13.8. The van der Waals surface area contributed by atoms with Gasteiger partial charge in [-0.2, -0.15) is 13.2 Å². The van der Waals surface area contributed by atoms with Crippen LogP contribution in [0.5, 0.6) is 0 Å². The van der Waals surface area contributed by atoms with E-state index in [4.69, 9.17) is 4.74 Å². The highest BCUT2D eigenvalue weighted by molar-refractivity contribution is 5.92. The number of fused-ring (bicyclic) bond motifs is 1. The zero-order valence-corrected chi connectivity index (χ0v) is 10.3. The largest absolute Gasteiger partial charge is 0.416 e. The molecule has 1 aliphatic heterocycles. The number of hydrogen-bond acceptors (Lipinski definition) is 2. The topological polar surface area (TPSA) is 29.6 Å². The van der Waals surface area contributed by atoms with Gasteiger partial charge in [-0.1, -0.05) is 18.2 Å². The Kier molecular flexibility index (Phi) is 2.55. The molecule has 2 fully saturated rings. The Morgan fingerprint density at radius 1 is 1.32 bits per heavy atom. The van der Waals surface area contributed by atoms with Gasteiger partial charge in [-0.15, -0.1) is 0 Å². The molecule has 3 unspecified atom stereocenters. The third kappa shape index (κ3) is 1.96. The summed E-state index contributed by atoms with van der Waals surface area (Å²) in [5.41, 5.74) is -1.16. The Morgan fingerprint density at radius 2 is 2.00 bits per heavy atom. The molecule has 1 saturated carbocycles. The van der Waals surface area contributed by atoms with Crippen LogP contribution >= 0.6 is 0 Å². The van der Waals surface area contributed by atoms with Gasteiger partial charge in [0.2, 0.25) is 0 Å². The number of rotatable bonds is 1. The second-order valence-corrected chi connectivity index (χ2v) is 5.36. The van der Waals surface area contributed by atoms with Gasteiger partial charge in [0.1, 0.15) is 5.60 Å². The molecule has 102 valence electrons. The number of ketones is 1. The highest BCUT2D eigenvalue weighted by atomic mass is 19.4. The molecule has 1 saturated heterocycles. The van der Waals surface area contributed by atoms with Gasteiger partial charge in [-0.3, -0.25) is 4.79 Å². The minimum absolute atomic E-state index is 0.0919. The maximum atomic E-state index is 13.0. The minimum atomic E-state index is -4.38. The van der Waals surface area contributed by atoms with E-state index in [2.05, 4.69) is 0 Å². The summed E-state index contributed by atoms with van der Waals surface area (Å²) < 4.78 is 44.2. The molecule has 1 aromatic rings. The van der Waals surface area contributed by atoms with Crippen molar-refractivity contribution in [3.05, 3.63) is 35.4 Å². The first-order chi connectivity index (χ1) is 8.82. The number of carbonyl (C=O) groups excluding carboxylic acids is 1. The molecule has 1 aromatic carbocycles. The van der Waals surface area contributed by atoms with Gasteiger partial charge < -0.3 is 4.74 Å². The molecule has 2 aliphatic rings. The Morgan fingerprint density at radius 3 is 2.63 bits per heavy atom. The van der Waals surface area contributed by atoms with Crippen LogP contribution < -0.4 is 0 Å². The molecule has 0 aromatic heterocycles. The van der Waals surface area contributed by atoms with E-state index in [1.807, 2.05) is 0 Å². The molecule has 1 heterocycles. The SMILES string of the molecule is CC12OC1CC(c1ccccc1C(F)(F)F)CC2=O. The van der Waals surface area contributed by atoms with Crippen LogP contribution in [-0.2, 0) is 15.7 Å². The number of alkyl halides is 3. The second-order valence-electron chi connectivity index (χ2n) is 5.36. The highest BCUT2D eigenvalue weighted by Crippen LogP contribution is 2.51. The summed E-state index contributed by atoms with van der Waals surface area (Å²) in [4.78, 5) is 11.9. The predicted molar refractivity (Wildman–Crippen MR) is 61.7 cm³/mol. The minimum Gasteiger partial charge on any atom is -0.358 e. The van der Waals surface area contributed by atoms with Gasteiger partial charge in [-0.05, 0) is 30.9 Å². The molecule has 3 atom stereocenters. The maximum Gasteiger partial charge on any atom is 0.416 e. The third-order valence-corrected chi connectivity index (χ3v) is 4.13. The molecule has 2 nitrogen and oxygen atoms in total. The fourth-order valence-electron chi connectivity index (χ4n) is 2.90. The number of benzene rings is 1. The van der Waals surface area contributed by atoms with E-state index >= 15 is 0 Å². The van der Waals surface area contributed by atoms with Gasteiger partial charge in [0.15, 0.2) is 5.78 Å². The van der Waals surface area contributed by atoms with Gasteiger partial charge in [0, 0.05) is 6.42 Å². The molecule has 0 radical (unpaired) electrons. The predicted octanol–water partition coefficient (Wildman–Crippen LogP) is 3.31. The van der Waals surface area contributed by atoms with E-state index in [0.717, 1.165) is 6.07 Å². The monoisotopic (exact) mass is 270 g/mol. The smallest absolute Gasteiger partial charge is 0.358 e. The Bertz CT molecular complexity index is 538. The first kappa shape index (κ1) is 12.7. The number of carbonyl (C=O) groups is 1. The Hall–Kier alpha value is -1.36. The lowest BCUT2D eigenvalue weighted by Gasteiger charge is -2.24. The van der Waals surface area contributed by atoms with Crippen molar-refractivity contribution in [3.8, 4) is 0 Å². The van der Waals surface area contributed by atoms with Crippen LogP contribution in [0.1, 0.15) is 36.8 Å². The molecule has 0 N–H and O–H groups in total. The molecule has 19 heavy (non-hydrogen) atoms. The van der Waals surface area contributed by atoms with Gasteiger partial charge in [0.05, 0.1) is 11.7 Å². The molecule has 3 rings (SSSR count). The summed E-state index contributed by atoms with van der Waals surface area (Å²) in [5, 5.41) is 0. The maximum absolute atomic E-state index is 13.0. The normalized spacial score (nSPS) is 34.0. The number of epoxide rings is 1. The van der Waals surface area contributed by atoms with Gasteiger partial charge >= 0.3 is 6.18 Å². The van der Waals surface area contributed by atoms with Crippen LogP contribution in [0.2, 0.25) is 0 Å². The standard InChI is InChI=1S/C14H13F3O2/c1-13-11(18)6-8(7-12(13)19-13)9-4-2-3-5-10(9)14(15,16)17/h2-5,8,12H,6-7H2,1H3. The van der Waals surface area contributed by atoms with E-state index in [-0.39, 0.29) is 23.9 Å². The molecule has 5 heteroatoms. The van der Waals surface area contributed by atoms with Crippen LogP contribution in [0.15, 0.2) is 24.3 Å². The number of halogens is 3. The van der Waals surface area contributed by atoms with Crippen molar-refractivity contribution < 1.29 is 22.7 Å². The van der Waals surface area contributed by atoms with E-state index in [0.29, 0.717) is 6.42 Å². The number of ether oxygens (including phenoxy) is 1. The lowest BCUT2D eigenvalue weighted by atomic mass is 9.77. The van der Waals surface area contributed by atoms with Crippen molar-refractivity contribution in [1.29, 1.82) is 0 Å². The summed E-state index contributed by atoms with van der Waals surface area (Å²) in [7, 11) is 0. The number of hydrogen-bond donors (Lipinski definition) is 0. The van der Waals surface area contributed by atoms with E-state index < -0.39 is 23.3 Å². The molecular formula is C14H13F3O2. The summed E-state index contributed by atoms with van der Waals surface area (Å²) in [6.07, 6.45) is -4.00. The van der Waals surface area contributed by atoms with Crippen LogP contribution in [0, 0.1) is 0 Å². The Labute approximate surface area is 108 Å². The van der Waals surface area contributed by atoms with Crippen molar-refractivity contribution in [3.63, 3.8) is 0 Å².